The zero-order chi connectivity index (χ0) is 14.6. The van der Waals surface area contributed by atoms with Crippen LogP contribution in [0.5, 0.6) is 0 Å². The van der Waals surface area contributed by atoms with Crippen molar-refractivity contribution in [2.75, 3.05) is 23.9 Å². The van der Waals surface area contributed by atoms with Crippen LogP contribution in [0.4, 0.5) is 5.69 Å². The summed E-state index contributed by atoms with van der Waals surface area (Å²) in [7, 11) is 1.91. The van der Waals surface area contributed by atoms with Crippen molar-refractivity contribution in [1.29, 1.82) is 0 Å². The largest absolute Gasteiger partial charge is 0.293 e. The third-order valence-electron chi connectivity index (χ3n) is 2.54. The highest BCUT2D eigenvalue weighted by molar-refractivity contribution is 9.09. The van der Waals surface area contributed by atoms with Gasteiger partial charge >= 0.3 is 0 Å². The van der Waals surface area contributed by atoms with Crippen LogP contribution in [-0.4, -0.2) is 31.4 Å². The summed E-state index contributed by atoms with van der Waals surface area (Å²) in [6.45, 7) is 4.61. The Kier molecular flexibility index (Phi) is 8.31. The molecule has 0 saturated carbocycles. The number of nitrogens with zero attached hydrogens (tertiary/aromatic N) is 3. The number of anilines is 1. The number of aliphatic imine (C=N–C) groups is 1. The highest BCUT2D eigenvalue weighted by atomic mass is 79.9. The summed E-state index contributed by atoms with van der Waals surface area (Å²) >= 11 is 3.37. The third-order valence-corrected chi connectivity index (χ3v) is 3.10. The molecular formula is C16H20BrN3. The first-order chi connectivity index (χ1) is 9.77. The van der Waals surface area contributed by atoms with Crippen molar-refractivity contribution in [3.05, 3.63) is 54.6 Å². The molecule has 1 rings (SSSR count). The summed E-state index contributed by atoms with van der Waals surface area (Å²) in [5, 5.41) is 7.18. The maximum Gasteiger partial charge on any atom is 0.0590 e. The molecule has 0 atom stereocenters. The van der Waals surface area contributed by atoms with Gasteiger partial charge < -0.3 is 0 Å². The Morgan fingerprint density at radius 3 is 2.75 bits per heavy atom. The number of hydrogen-bond donors (Lipinski definition) is 0. The molecule has 0 N–H and O–H groups in total. The normalized spacial score (nSPS) is 12.2. The summed E-state index contributed by atoms with van der Waals surface area (Å²) in [6.07, 6.45) is 8.28. The van der Waals surface area contributed by atoms with E-state index < -0.39 is 0 Å². The number of hydrogen-bond acceptors (Lipinski definition) is 3. The fourth-order valence-electron chi connectivity index (χ4n) is 1.39. The van der Waals surface area contributed by atoms with E-state index in [2.05, 4.69) is 32.6 Å². The van der Waals surface area contributed by atoms with Crippen molar-refractivity contribution in [1.82, 2.24) is 0 Å². The average molecular weight is 334 g/mol. The van der Waals surface area contributed by atoms with Crippen LogP contribution in [0.2, 0.25) is 0 Å². The second-order valence-electron chi connectivity index (χ2n) is 4.07. The van der Waals surface area contributed by atoms with E-state index >= 15 is 0 Å². The smallest absolute Gasteiger partial charge is 0.0590 e. The van der Waals surface area contributed by atoms with Crippen molar-refractivity contribution >= 4 is 34.0 Å². The minimum absolute atomic E-state index is 0.827. The molecule has 0 fully saturated rings. The Hall–Kier alpha value is -1.68. The standard InChI is InChI=1S/C16H20BrN3/c1-3-15(10-13-18-12-7-11-17)14-19-20(2)16-8-5-4-6-9-16/h3-6,8-10,13-14H,1,7,11-12H2,2H3/b15-10+,18-13?,19-14+. The van der Waals surface area contributed by atoms with E-state index in [1.54, 1.807) is 18.5 Å². The molecule has 0 saturated heterocycles. The Labute approximate surface area is 129 Å². The van der Waals surface area contributed by atoms with Gasteiger partial charge in [-0.15, -0.1) is 0 Å². The molecule has 20 heavy (non-hydrogen) atoms. The second-order valence-corrected chi connectivity index (χ2v) is 4.87. The molecule has 0 spiro atoms. The lowest BCUT2D eigenvalue weighted by Crippen LogP contribution is -2.08. The van der Waals surface area contributed by atoms with E-state index in [1.165, 1.54) is 0 Å². The van der Waals surface area contributed by atoms with Gasteiger partial charge in [0.1, 0.15) is 0 Å². The summed E-state index contributed by atoms with van der Waals surface area (Å²) in [6, 6.07) is 9.98. The summed E-state index contributed by atoms with van der Waals surface area (Å²) in [4.78, 5) is 4.28. The average Bonchev–Trinajstić information content (AvgIpc) is 2.50. The van der Waals surface area contributed by atoms with Crippen LogP contribution in [0.15, 0.2) is 64.7 Å². The number of benzene rings is 1. The fourth-order valence-corrected chi connectivity index (χ4v) is 1.64. The molecule has 0 radical (unpaired) electrons. The Morgan fingerprint density at radius 2 is 2.10 bits per heavy atom. The van der Waals surface area contributed by atoms with E-state index in [1.807, 2.05) is 48.5 Å². The Bertz CT molecular complexity index is 478. The fraction of sp³-hybridized carbons (Fsp3) is 0.250. The van der Waals surface area contributed by atoms with Crippen molar-refractivity contribution in [3.63, 3.8) is 0 Å². The number of hydrazone groups is 1. The molecule has 0 bridgehead atoms. The van der Waals surface area contributed by atoms with Crippen LogP contribution < -0.4 is 5.01 Å². The SMILES string of the molecule is C=CC(/C=N/N(C)c1ccccc1)=C\C=NCCCBr. The number of allylic oxidation sites excluding steroid dienone is 3. The molecule has 3 nitrogen and oxygen atoms in total. The van der Waals surface area contributed by atoms with Gasteiger partial charge in [-0.05, 0) is 30.2 Å². The lowest BCUT2D eigenvalue weighted by molar-refractivity contribution is 0.954. The molecule has 1 aromatic rings. The van der Waals surface area contributed by atoms with E-state index in [9.17, 15) is 0 Å². The minimum Gasteiger partial charge on any atom is -0.293 e. The van der Waals surface area contributed by atoms with Gasteiger partial charge in [-0.25, -0.2) is 0 Å². The van der Waals surface area contributed by atoms with Gasteiger partial charge in [-0.1, -0.05) is 46.8 Å². The zero-order valence-corrected chi connectivity index (χ0v) is 13.3. The van der Waals surface area contributed by atoms with Crippen LogP contribution >= 0.6 is 15.9 Å². The van der Waals surface area contributed by atoms with Crippen molar-refractivity contribution in [2.45, 2.75) is 6.42 Å². The van der Waals surface area contributed by atoms with Crippen LogP contribution in [0.1, 0.15) is 6.42 Å². The molecule has 0 amide bonds. The van der Waals surface area contributed by atoms with Crippen molar-refractivity contribution in [2.24, 2.45) is 10.1 Å². The summed E-state index contributed by atoms with van der Waals surface area (Å²) < 4.78 is 0. The Morgan fingerprint density at radius 1 is 1.35 bits per heavy atom. The van der Waals surface area contributed by atoms with Crippen molar-refractivity contribution in [3.8, 4) is 0 Å². The maximum absolute atomic E-state index is 4.38. The molecule has 0 aliphatic rings. The third kappa shape index (κ3) is 6.48. The number of rotatable bonds is 8. The molecule has 1 aromatic carbocycles. The van der Waals surface area contributed by atoms with Crippen LogP contribution in [0, 0.1) is 0 Å². The molecule has 0 aromatic heterocycles. The van der Waals surface area contributed by atoms with Gasteiger partial charge in [0.15, 0.2) is 0 Å². The minimum atomic E-state index is 0.827. The van der Waals surface area contributed by atoms with Crippen LogP contribution in [0.3, 0.4) is 0 Å². The Balaban J connectivity index is 2.59. The van der Waals surface area contributed by atoms with Gasteiger partial charge in [-0.2, -0.15) is 5.10 Å². The van der Waals surface area contributed by atoms with Gasteiger partial charge in [0, 0.05) is 25.1 Å². The second kappa shape index (κ2) is 10.1. The van der Waals surface area contributed by atoms with E-state index in [4.69, 9.17) is 0 Å². The molecule has 0 aliphatic heterocycles. The van der Waals surface area contributed by atoms with Gasteiger partial charge in [0.25, 0.3) is 0 Å². The monoisotopic (exact) mass is 333 g/mol. The lowest BCUT2D eigenvalue weighted by Gasteiger charge is -2.12. The van der Waals surface area contributed by atoms with E-state index in [0.717, 1.165) is 29.6 Å². The summed E-state index contributed by atoms with van der Waals surface area (Å²) in [5.41, 5.74) is 1.97. The number of alkyl halides is 1. The molecule has 106 valence electrons. The van der Waals surface area contributed by atoms with Crippen LogP contribution in [-0.2, 0) is 0 Å². The van der Waals surface area contributed by atoms with Gasteiger partial charge in [0.2, 0.25) is 0 Å². The molecule has 0 aliphatic carbocycles. The summed E-state index contributed by atoms with van der Waals surface area (Å²) in [5.74, 6) is 0. The highest BCUT2D eigenvalue weighted by Crippen LogP contribution is 2.10. The first kappa shape index (κ1) is 16.4. The molecule has 0 heterocycles. The first-order valence-corrected chi connectivity index (χ1v) is 7.61. The lowest BCUT2D eigenvalue weighted by atomic mass is 10.3. The topological polar surface area (TPSA) is 28.0 Å². The molecule has 0 unspecified atom stereocenters. The predicted octanol–water partition coefficient (Wildman–Crippen LogP) is 4.08. The number of halogens is 1. The van der Waals surface area contributed by atoms with Crippen molar-refractivity contribution < 1.29 is 0 Å². The van der Waals surface area contributed by atoms with Gasteiger partial charge in [-0.3, -0.25) is 10.0 Å². The predicted molar refractivity (Wildman–Crippen MR) is 93.4 cm³/mol. The highest BCUT2D eigenvalue weighted by Gasteiger charge is 1.95. The quantitative estimate of drug-likeness (QED) is 0.231. The number of para-hydroxylation sites is 1. The maximum atomic E-state index is 4.38. The molecular weight excluding hydrogens is 314 g/mol. The zero-order valence-electron chi connectivity index (χ0n) is 11.7. The van der Waals surface area contributed by atoms with E-state index in [-0.39, 0.29) is 0 Å². The van der Waals surface area contributed by atoms with E-state index in [0.29, 0.717) is 0 Å². The first-order valence-electron chi connectivity index (χ1n) is 6.49. The molecule has 4 heteroatoms. The van der Waals surface area contributed by atoms with Crippen LogP contribution in [0.25, 0.3) is 0 Å². The van der Waals surface area contributed by atoms with Gasteiger partial charge in [0.05, 0.1) is 11.9 Å².